The van der Waals surface area contributed by atoms with Gasteiger partial charge in [-0.3, -0.25) is 4.79 Å². The van der Waals surface area contributed by atoms with Crippen molar-refractivity contribution in [2.45, 2.75) is 13.8 Å². The molecule has 1 amide bonds. The zero-order valence-electron chi connectivity index (χ0n) is 12.7. The van der Waals surface area contributed by atoms with Crippen LogP contribution < -0.4 is 9.64 Å². The molecule has 0 bridgehead atoms. The third-order valence-electron chi connectivity index (χ3n) is 3.44. The molecule has 0 saturated heterocycles. The zero-order valence-corrected chi connectivity index (χ0v) is 12.7. The number of rotatable bonds is 3. The molecule has 0 spiro atoms. The number of carbonyl (C=O) groups excluding carboxylic acids is 1. The molecule has 0 fully saturated rings. The number of aryl methyl sites for hydroxylation is 2. The quantitative estimate of drug-likeness (QED) is 0.941. The molecule has 2 aromatic carbocycles. The Hall–Kier alpha value is -2.49. The van der Waals surface area contributed by atoms with Crippen LogP contribution in [0.1, 0.15) is 21.5 Å². The number of phenolic OH excluding ortho intramolecular Hbond substituents is 1. The van der Waals surface area contributed by atoms with E-state index in [1.54, 1.807) is 24.1 Å². The van der Waals surface area contributed by atoms with Gasteiger partial charge < -0.3 is 14.7 Å². The maximum atomic E-state index is 12.5. The number of nitrogens with zero attached hydrogens (tertiary/aromatic N) is 1. The molecule has 0 radical (unpaired) electrons. The van der Waals surface area contributed by atoms with E-state index in [4.69, 9.17) is 4.74 Å². The van der Waals surface area contributed by atoms with Gasteiger partial charge in [-0.1, -0.05) is 17.7 Å². The molecule has 2 rings (SSSR count). The van der Waals surface area contributed by atoms with Gasteiger partial charge in [-0.15, -0.1) is 0 Å². The lowest BCUT2D eigenvalue weighted by atomic mass is 10.1. The third kappa shape index (κ3) is 2.99. The second-order valence-electron chi connectivity index (χ2n) is 5.04. The number of hydrogen-bond acceptors (Lipinski definition) is 3. The Labute approximate surface area is 124 Å². The van der Waals surface area contributed by atoms with Gasteiger partial charge in [-0.25, -0.2) is 0 Å². The first-order valence-corrected chi connectivity index (χ1v) is 6.66. The van der Waals surface area contributed by atoms with E-state index in [1.807, 2.05) is 32.0 Å². The Bertz CT molecular complexity index is 680. The number of hydrogen-bond donors (Lipinski definition) is 1. The lowest BCUT2D eigenvalue weighted by Crippen LogP contribution is -2.26. The van der Waals surface area contributed by atoms with Crippen molar-refractivity contribution in [2.75, 3.05) is 19.1 Å². The van der Waals surface area contributed by atoms with E-state index in [0.717, 1.165) is 16.8 Å². The van der Waals surface area contributed by atoms with E-state index in [-0.39, 0.29) is 11.7 Å². The molecule has 21 heavy (non-hydrogen) atoms. The van der Waals surface area contributed by atoms with Crippen molar-refractivity contribution in [1.82, 2.24) is 0 Å². The van der Waals surface area contributed by atoms with Gasteiger partial charge in [-0.2, -0.15) is 0 Å². The minimum atomic E-state index is -0.181. The monoisotopic (exact) mass is 285 g/mol. The molecular weight excluding hydrogens is 266 g/mol. The number of anilines is 1. The Kier molecular flexibility index (Phi) is 4.17. The van der Waals surface area contributed by atoms with Crippen LogP contribution in [0.5, 0.6) is 11.5 Å². The van der Waals surface area contributed by atoms with E-state index in [2.05, 4.69) is 0 Å². The molecule has 0 aliphatic heterocycles. The van der Waals surface area contributed by atoms with Gasteiger partial charge in [0.05, 0.1) is 7.11 Å². The van der Waals surface area contributed by atoms with Crippen molar-refractivity contribution < 1.29 is 14.6 Å². The summed E-state index contributed by atoms with van der Waals surface area (Å²) in [7, 11) is 3.19. The fourth-order valence-electron chi connectivity index (χ4n) is 2.31. The van der Waals surface area contributed by atoms with Gasteiger partial charge in [0.25, 0.3) is 5.91 Å². The fraction of sp³-hybridized carbons (Fsp3) is 0.235. The summed E-state index contributed by atoms with van der Waals surface area (Å²) in [4.78, 5) is 14.1. The summed E-state index contributed by atoms with van der Waals surface area (Å²) in [5.74, 6) is 0.123. The summed E-state index contributed by atoms with van der Waals surface area (Å²) < 4.78 is 4.98. The predicted molar refractivity (Wildman–Crippen MR) is 83.3 cm³/mol. The first-order chi connectivity index (χ1) is 9.93. The molecule has 110 valence electrons. The topological polar surface area (TPSA) is 49.8 Å². The van der Waals surface area contributed by atoms with Crippen LogP contribution in [-0.4, -0.2) is 25.2 Å². The van der Waals surface area contributed by atoms with E-state index < -0.39 is 0 Å². The Morgan fingerprint density at radius 1 is 1.14 bits per heavy atom. The molecule has 1 N–H and O–H groups in total. The summed E-state index contributed by atoms with van der Waals surface area (Å²) in [6, 6.07) is 10.6. The molecule has 4 heteroatoms. The molecule has 0 saturated carbocycles. The van der Waals surface area contributed by atoms with Crippen molar-refractivity contribution in [2.24, 2.45) is 0 Å². The number of amides is 1. The van der Waals surface area contributed by atoms with Gasteiger partial charge in [0, 0.05) is 18.3 Å². The summed E-state index contributed by atoms with van der Waals surface area (Å²) in [6.45, 7) is 3.98. The molecule has 0 heterocycles. The van der Waals surface area contributed by atoms with Gasteiger partial charge in [0.2, 0.25) is 0 Å². The number of aromatic hydroxyl groups is 1. The lowest BCUT2D eigenvalue weighted by Gasteiger charge is -2.20. The number of ether oxygens (including phenoxy) is 1. The van der Waals surface area contributed by atoms with Crippen molar-refractivity contribution in [3.05, 3.63) is 53.1 Å². The smallest absolute Gasteiger partial charge is 0.258 e. The van der Waals surface area contributed by atoms with Crippen LogP contribution in [-0.2, 0) is 0 Å². The van der Waals surface area contributed by atoms with Gasteiger partial charge >= 0.3 is 0 Å². The average molecular weight is 285 g/mol. The maximum absolute atomic E-state index is 12.5. The average Bonchev–Trinajstić information content (AvgIpc) is 2.45. The molecule has 2 aromatic rings. The largest absolute Gasteiger partial charge is 0.504 e. The normalized spacial score (nSPS) is 10.3. The third-order valence-corrected chi connectivity index (χ3v) is 3.44. The highest BCUT2D eigenvalue weighted by Gasteiger charge is 2.16. The Morgan fingerprint density at radius 2 is 1.86 bits per heavy atom. The van der Waals surface area contributed by atoms with Crippen LogP contribution in [0.3, 0.4) is 0 Å². The van der Waals surface area contributed by atoms with Crippen LogP contribution in [0.25, 0.3) is 0 Å². The van der Waals surface area contributed by atoms with Gasteiger partial charge in [-0.05, 0) is 43.7 Å². The highest BCUT2D eigenvalue weighted by atomic mass is 16.5. The number of phenols is 1. The second kappa shape index (κ2) is 5.87. The summed E-state index contributed by atoms with van der Waals surface area (Å²) in [5.41, 5.74) is 3.44. The first-order valence-electron chi connectivity index (χ1n) is 6.66. The highest BCUT2D eigenvalue weighted by Crippen LogP contribution is 2.28. The van der Waals surface area contributed by atoms with Gasteiger partial charge in [0.15, 0.2) is 11.5 Å². The number of methoxy groups -OCH3 is 1. The number of benzene rings is 2. The predicted octanol–water partition coefficient (Wildman–Crippen LogP) is 3.29. The minimum absolute atomic E-state index is 0.0441. The van der Waals surface area contributed by atoms with Crippen LogP contribution in [0.15, 0.2) is 36.4 Å². The van der Waals surface area contributed by atoms with Crippen molar-refractivity contribution in [3.8, 4) is 11.5 Å². The molecule has 0 aliphatic rings. The van der Waals surface area contributed by atoms with Gasteiger partial charge in [0.1, 0.15) is 0 Å². The Morgan fingerprint density at radius 3 is 2.43 bits per heavy atom. The van der Waals surface area contributed by atoms with E-state index >= 15 is 0 Å². The summed E-state index contributed by atoms with van der Waals surface area (Å²) >= 11 is 0. The minimum Gasteiger partial charge on any atom is -0.504 e. The Balaban J connectivity index is 2.32. The molecule has 0 aromatic heterocycles. The van der Waals surface area contributed by atoms with Crippen molar-refractivity contribution in [1.29, 1.82) is 0 Å². The molecular formula is C17H19NO3. The number of carbonyl (C=O) groups is 1. The standard InChI is InChI=1S/C17H19NO3/c1-11-5-7-14(12(2)9-11)18(3)17(20)13-6-8-16(21-4)15(19)10-13/h5-10,19H,1-4H3. The van der Waals surface area contributed by atoms with Crippen LogP contribution in [0, 0.1) is 13.8 Å². The van der Waals surface area contributed by atoms with Crippen molar-refractivity contribution >= 4 is 11.6 Å². The van der Waals surface area contributed by atoms with E-state index in [0.29, 0.717) is 11.3 Å². The van der Waals surface area contributed by atoms with Crippen LogP contribution in [0.2, 0.25) is 0 Å². The SMILES string of the molecule is COc1ccc(C(=O)N(C)c2ccc(C)cc2C)cc1O. The lowest BCUT2D eigenvalue weighted by molar-refractivity contribution is 0.0992. The van der Waals surface area contributed by atoms with E-state index in [1.165, 1.54) is 13.2 Å². The van der Waals surface area contributed by atoms with E-state index in [9.17, 15) is 9.90 Å². The van der Waals surface area contributed by atoms with Crippen molar-refractivity contribution in [3.63, 3.8) is 0 Å². The molecule has 4 nitrogen and oxygen atoms in total. The summed E-state index contributed by atoms with van der Waals surface area (Å²) in [5, 5.41) is 9.79. The molecule has 0 aliphatic carbocycles. The van der Waals surface area contributed by atoms with Crippen LogP contribution >= 0.6 is 0 Å². The first kappa shape index (κ1) is 14.9. The molecule has 0 atom stereocenters. The van der Waals surface area contributed by atoms with Crippen LogP contribution in [0.4, 0.5) is 5.69 Å². The summed E-state index contributed by atoms with van der Waals surface area (Å²) in [6.07, 6.45) is 0. The fourth-order valence-corrected chi connectivity index (χ4v) is 2.31. The zero-order chi connectivity index (χ0) is 15.6. The highest BCUT2D eigenvalue weighted by molar-refractivity contribution is 6.06. The second-order valence-corrected chi connectivity index (χ2v) is 5.04. The molecule has 0 unspecified atom stereocenters. The maximum Gasteiger partial charge on any atom is 0.258 e.